The van der Waals surface area contributed by atoms with E-state index in [9.17, 15) is 73.6 Å². The summed E-state index contributed by atoms with van der Waals surface area (Å²) >= 11 is 0. The smallest absolute Gasteiger partial charge is 0.354 e. The van der Waals surface area contributed by atoms with Crippen LogP contribution in [0.25, 0.3) is 0 Å². The number of aliphatic hydroxyl groups is 13. The van der Waals surface area contributed by atoms with Gasteiger partial charge in [-0.3, -0.25) is 28.0 Å². The van der Waals surface area contributed by atoms with Crippen LogP contribution < -0.4 is 57.0 Å². The van der Waals surface area contributed by atoms with Gasteiger partial charge in [-0.25, -0.2) is 34.1 Å². The SMILES string of the molecule is Nc1ccn([C@@H]2O[C@H](CO)[C@H](O)C2(F)F)c(=O)n1.Nc1ccn([C@@H]2O[C@H](CO)[C@H](O)C2O)c(=O)n1.Nc1ncc([C@@H]2O[C@H](CO)[C@H](O)C2O)c(=O)[nH]1.Nc1ncn([C@@H]2O[C@H](CO)[C@H](O)C2O)c(=O)n1.Nc1ncn([C@H]2C[C@@H](O)[C@@H](CO)O2)c(=O)n1.[HH].[HH].[HH].[HH].[HH].[HH].[HH]. The summed E-state index contributed by atoms with van der Waals surface area (Å²) in [6, 6.07) is 2.52. The van der Waals surface area contributed by atoms with E-state index in [0.29, 0.717) is 4.57 Å². The minimum atomic E-state index is -3.71. The molecule has 484 valence electrons. The molecule has 40 nitrogen and oxygen atoms in total. The maximum Gasteiger partial charge on any atom is 0.354 e. The van der Waals surface area contributed by atoms with Gasteiger partial charge in [0.25, 0.3) is 5.56 Å². The molecule has 0 radical (unpaired) electrons. The topological polar surface area (TPSA) is 650 Å². The molecule has 5 aromatic rings. The van der Waals surface area contributed by atoms with Crippen molar-refractivity contribution < 1.29 is 109 Å². The Morgan fingerprint density at radius 2 is 0.988 bits per heavy atom. The van der Waals surface area contributed by atoms with Gasteiger partial charge in [0.1, 0.15) is 104 Å². The lowest BCUT2D eigenvalue weighted by molar-refractivity contribution is -0.140. The van der Waals surface area contributed by atoms with Crippen molar-refractivity contribution in [2.24, 2.45) is 0 Å². The molecule has 0 aromatic carbocycles. The first kappa shape index (κ1) is 66.5. The number of halogens is 2. The molecule has 0 bridgehead atoms. The molecular weight excluding hydrogens is 1160 g/mol. The fourth-order valence-electron chi connectivity index (χ4n) is 8.47. The fraction of sp³-hybridized carbons (Fsp3) is 0.581. The molecule has 18 atom stereocenters. The molecule has 10 heterocycles. The number of hydrogen-bond donors (Lipinski definition) is 19. The third-order valence-electron chi connectivity index (χ3n) is 13.0. The van der Waals surface area contributed by atoms with E-state index in [4.69, 9.17) is 77.9 Å². The summed E-state index contributed by atoms with van der Waals surface area (Å²) in [5.41, 5.74) is 22.7. The van der Waals surface area contributed by atoms with Crippen LogP contribution in [0.5, 0.6) is 0 Å². The lowest BCUT2D eigenvalue weighted by Gasteiger charge is -2.20. The van der Waals surface area contributed by atoms with E-state index in [-0.39, 0.29) is 58.1 Å². The number of nitrogens with zero attached hydrogens (tertiary/aromatic N) is 11. The number of aromatic amines is 1. The monoisotopic (exact) mass is 1240 g/mol. The summed E-state index contributed by atoms with van der Waals surface area (Å²) in [7, 11) is 0. The van der Waals surface area contributed by atoms with Gasteiger partial charge in [-0.1, -0.05) is 0 Å². The lowest BCUT2D eigenvalue weighted by Crippen LogP contribution is -2.41. The molecule has 10 rings (SSSR count). The van der Waals surface area contributed by atoms with E-state index in [0.717, 1.165) is 32.3 Å². The molecule has 42 heteroatoms. The average Bonchev–Trinajstić information content (AvgIpc) is 2.65. The van der Waals surface area contributed by atoms with Crippen LogP contribution in [0.2, 0.25) is 0 Å². The number of H-pyrrole nitrogens is 1. The van der Waals surface area contributed by atoms with Crippen molar-refractivity contribution in [3.63, 3.8) is 0 Å². The van der Waals surface area contributed by atoms with Crippen LogP contribution in [0.1, 0.15) is 53.0 Å². The maximum absolute atomic E-state index is 13.7. The van der Waals surface area contributed by atoms with Gasteiger partial charge in [0, 0.05) is 35.0 Å². The maximum atomic E-state index is 13.7. The van der Waals surface area contributed by atoms with Crippen molar-refractivity contribution >= 4 is 29.5 Å². The highest BCUT2D eigenvalue weighted by molar-refractivity contribution is 5.25. The number of ether oxygens (including phenoxy) is 5. The summed E-state index contributed by atoms with van der Waals surface area (Å²) in [5.74, 6) is -4.13. The Morgan fingerprint density at radius 3 is 1.41 bits per heavy atom. The van der Waals surface area contributed by atoms with Gasteiger partial charge in [0.15, 0.2) is 24.5 Å². The Hall–Kier alpha value is -7.60. The molecule has 0 spiro atoms. The summed E-state index contributed by atoms with van der Waals surface area (Å²) in [4.78, 5) is 84.2. The highest BCUT2D eigenvalue weighted by Crippen LogP contribution is 2.42. The van der Waals surface area contributed by atoms with Gasteiger partial charge in [-0.15, -0.1) is 0 Å². The second-order valence-corrected chi connectivity index (χ2v) is 18.6. The number of anilines is 5. The highest BCUT2D eigenvalue weighted by Gasteiger charge is 2.59. The van der Waals surface area contributed by atoms with E-state index in [2.05, 4.69) is 39.9 Å². The number of aromatic nitrogens is 12. The Balaban J connectivity index is 0. The molecule has 5 aliphatic rings. The summed E-state index contributed by atoms with van der Waals surface area (Å²) in [5, 5.41) is 121. The second-order valence-electron chi connectivity index (χ2n) is 18.6. The molecule has 0 saturated carbocycles. The van der Waals surface area contributed by atoms with Crippen molar-refractivity contribution in [1.82, 2.24) is 58.1 Å². The molecular formula is C43H75F2N17O23. The third-order valence-corrected chi connectivity index (χ3v) is 13.0. The number of nitrogens with two attached hydrogens (primary N) is 5. The van der Waals surface area contributed by atoms with Crippen molar-refractivity contribution in [3.05, 3.63) is 101 Å². The molecule has 85 heavy (non-hydrogen) atoms. The summed E-state index contributed by atoms with van der Waals surface area (Å²) < 4.78 is 56.5. The highest BCUT2D eigenvalue weighted by atomic mass is 19.3. The van der Waals surface area contributed by atoms with E-state index < -0.39 is 171 Å². The van der Waals surface area contributed by atoms with Gasteiger partial charge in [0.05, 0.1) is 44.7 Å². The third kappa shape index (κ3) is 15.1. The standard InChI is InChI=1S/C9H11F2N3O4.2C9H13N3O5.C8H12N4O5.C8H12N4O4.7H2/c10-9(11)6(16)4(3-15)18-7(9)14-2-1-5(12)13-8(14)17;10-9-11-1-3(8(16)12-9)7-6(15)5(14)4(2-13)17-7;10-5-1-2-12(9(16)11-5)8-7(15)6(14)4(3-13)17-8;9-7-10-2-12(8(16)11-7)6-5(15)4(14)3(1-13)17-6;9-7-10-3-12(8(15)11-7)6-1-4(14)5(2-13)16-6;;;;;;;/h1-2,4,6-7,15-16H,3H2,(H2,12,13,17);1,4-7,13-15H,2H2,(H3,10,11,12,16);1-2,4,6-8,13-15H,3H2,(H2,10,11,16);2-6,13-15H,1H2,(H2,9,11,16);3-6,13-14H,1-2H2,(H2,9,11,15);7*1H/t4-,6+,7-;4-,5+,6?,7+;4-,6+,7?,8-;3-,4+,5?,6-;4-,5-,6-;;;;;;;/m11111......./s1. The molecule has 0 aliphatic carbocycles. The van der Waals surface area contributed by atoms with Gasteiger partial charge >= 0.3 is 28.7 Å². The zero-order valence-corrected chi connectivity index (χ0v) is 43.6. The quantitative estimate of drug-likeness (QED) is 0.0617. The lowest BCUT2D eigenvalue weighted by atomic mass is 10.0. The van der Waals surface area contributed by atoms with Crippen LogP contribution in [-0.4, -0.2) is 243 Å². The fourth-order valence-corrected chi connectivity index (χ4v) is 8.47. The van der Waals surface area contributed by atoms with E-state index in [1.807, 2.05) is 0 Å². The van der Waals surface area contributed by atoms with Crippen molar-refractivity contribution in [1.29, 1.82) is 0 Å². The van der Waals surface area contributed by atoms with Crippen LogP contribution in [-0.2, 0) is 23.7 Å². The molecule has 5 fully saturated rings. The molecule has 5 aromatic heterocycles. The van der Waals surface area contributed by atoms with Crippen LogP contribution in [0.3, 0.4) is 0 Å². The van der Waals surface area contributed by atoms with Crippen LogP contribution in [0, 0.1) is 0 Å². The van der Waals surface area contributed by atoms with Crippen molar-refractivity contribution in [3.8, 4) is 0 Å². The minimum absolute atomic E-state index is 0. The Kier molecular flexibility index (Phi) is 22.3. The van der Waals surface area contributed by atoms with Crippen LogP contribution >= 0.6 is 0 Å². The zero-order chi connectivity index (χ0) is 62.9. The van der Waals surface area contributed by atoms with Crippen LogP contribution in [0.4, 0.5) is 38.3 Å². The van der Waals surface area contributed by atoms with Gasteiger partial charge in [-0.05, 0) is 12.1 Å². The molecule has 0 amide bonds. The Labute approximate surface area is 481 Å². The first-order valence-electron chi connectivity index (χ1n) is 24.7. The zero-order valence-electron chi connectivity index (χ0n) is 43.6. The van der Waals surface area contributed by atoms with Crippen molar-refractivity contribution in [2.75, 3.05) is 61.7 Å². The number of rotatable bonds is 10. The summed E-state index contributed by atoms with van der Waals surface area (Å²) in [6.45, 7) is -2.47. The number of nitrogens with one attached hydrogen (secondary N) is 1. The van der Waals surface area contributed by atoms with E-state index in [1.54, 1.807) is 0 Å². The van der Waals surface area contributed by atoms with Crippen LogP contribution in [0.15, 0.2) is 67.4 Å². The average molecular weight is 1240 g/mol. The molecule has 24 N–H and O–H groups in total. The number of hydrogen-bond acceptors (Lipinski definition) is 35. The van der Waals surface area contributed by atoms with Gasteiger partial charge < -0.3 is 119 Å². The number of nitrogen functional groups attached to an aromatic ring is 5. The molecule has 3 unspecified atom stereocenters. The van der Waals surface area contributed by atoms with E-state index in [1.165, 1.54) is 24.8 Å². The van der Waals surface area contributed by atoms with Crippen molar-refractivity contribution in [2.45, 2.75) is 123 Å². The predicted molar refractivity (Wildman–Crippen MR) is 288 cm³/mol. The predicted octanol–water partition coefficient (Wildman–Crippen LogP) is -9.93. The number of alkyl halides is 2. The second kappa shape index (κ2) is 28.5. The molecule has 5 aliphatic heterocycles. The normalized spacial score (nSPS) is 31.8. The molecule has 5 saturated heterocycles. The Morgan fingerprint density at radius 1 is 0.541 bits per heavy atom. The largest absolute Gasteiger partial charge is 0.394 e. The van der Waals surface area contributed by atoms with E-state index >= 15 is 0 Å². The Bertz CT molecular complexity index is 3160. The number of aliphatic hydroxyl groups excluding tert-OH is 13. The first-order valence-corrected chi connectivity index (χ1v) is 24.7. The minimum Gasteiger partial charge on any atom is -0.394 e. The first-order chi connectivity index (χ1) is 40.1. The van der Waals surface area contributed by atoms with Gasteiger partial charge in [0.2, 0.25) is 18.1 Å². The van der Waals surface area contributed by atoms with Gasteiger partial charge in [-0.2, -0.15) is 28.7 Å². The summed E-state index contributed by atoms with van der Waals surface area (Å²) in [6.07, 6.45) is -15.7.